The van der Waals surface area contributed by atoms with Gasteiger partial charge in [-0.05, 0) is 18.6 Å². The van der Waals surface area contributed by atoms with Crippen LogP contribution in [0.25, 0.3) is 11.0 Å². The minimum Gasteiger partial charge on any atom is -0.394 e. The molecule has 0 radical (unpaired) electrons. The van der Waals surface area contributed by atoms with Gasteiger partial charge in [-0.1, -0.05) is 12.1 Å². The molecular formula is C13H16N2O3. The molecule has 2 aromatic rings. The largest absolute Gasteiger partial charge is 0.394 e. The number of para-hydroxylation sites is 1. The number of nitrogens with zero attached hydrogens (tertiary/aromatic N) is 2. The summed E-state index contributed by atoms with van der Waals surface area (Å²) >= 11 is 0. The molecule has 5 heteroatoms. The van der Waals surface area contributed by atoms with E-state index in [0.717, 1.165) is 16.6 Å². The summed E-state index contributed by atoms with van der Waals surface area (Å²) in [7, 11) is 0. The van der Waals surface area contributed by atoms with Crippen molar-refractivity contribution in [1.82, 2.24) is 9.55 Å². The van der Waals surface area contributed by atoms with Gasteiger partial charge in [0.25, 0.3) is 0 Å². The third-order valence-corrected chi connectivity index (χ3v) is 3.50. The Bertz CT molecular complexity index is 566. The van der Waals surface area contributed by atoms with Crippen molar-refractivity contribution >= 4 is 11.0 Å². The highest BCUT2D eigenvalue weighted by Crippen LogP contribution is 2.31. The Morgan fingerprint density at radius 3 is 3.06 bits per heavy atom. The number of aryl methyl sites for hydroxylation is 1. The minimum absolute atomic E-state index is 0.163. The van der Waals surface area contributed by atoms with Crippen LogP contribution in [0.4, 0.5) is 0 Å². The Hall–Kier alpha value is -1.43. The van der Waals surface area contributed by atoms with E-state index in [1.54, 1.807) is 6.33 Å². The normalized spacial score (nSPS) is 28.1. The van der Waals surface area contributed by atoms with Crippen molar-refractivity contribution in [3.05, 3.63) is 30.1 Å². The number of benzene rings is 1. The molecule has 1 aromatic heterocycles. The first-order chi connectivity index (χ1) is 8.70. The van der Waals surface area contributed by atoms with Crippen molar-refractivity contribution in [2.75, 3.05) is 6.61 Å². The maximum absolute atomic E-state index is 9.77. The molecule has 96 valence electrons. The number of rotatable bonds is 2. The number of hydrogen-bond donors (Lipinski definition) is 2. The van der Waals surface area contributed by atoms with Crippen molar-refractivity contribution in [3.63, 3.8) is 0 Å². The summed E-state index contributed by atoms with van der Waals surface area (Å²) in [6.45, 7) is 1.85. The lowest BCUT2D eigenvalue weighted by Crippen LogP contribution is -2.24. The molecule has 0 amide bonds. The van der Waals surface area contributed by atoms with Gasteiger partial charge in [-0.15, -0.1) is 0 Å². The van der Waals surface area contributed by atoms with Crippen LogP contribution in [0.5, 0.6) is 0 Å². The molecule has 1 aliphatic heterocycles. The first-order valence-corrected chi connectivity index (χ1v) is 6.07. The summed E-state index contributed by atoms with van der Waals surface area (Å²) in [5.41, 5.74) is 3.05. The zero-order valence-electron chi connectivity index (χ0n) is 10.2. The van der Waals surface area contributed by atoms with E-state index in [-0.39, 0.29) is 12.8 Å². The fraction of sp³-hybridized carbons (Fsp3) is 0.462. The molecule has 18 heavy (non-hydrogen) atoms. The Morgan fingerprint density at radius 2 is 2.33 bits per heavy atom. The summed E-state index contributed by atoms with van der Waals surface area (Å²) < 4.78 is 7.56. The van der Waals surface area contributed by atoms with Crippen molar-refractivity contribution in [2.24, 2.45) is 0 Å². The number of hydrogen-bond acceptors (Lipinski definition) is 4. The first-order valence-electron chi connectivity index (χ1n) is 6.07. The molecular weight excluding hydrogens is 232 g/mol. The maximum Gasteiger partial charge on any atom is 0.138 e. The van der Waals surface area contributed by atoms with Crippen LogP contribution in [0.15, 0.2) is 24.5 Å². The Kier molecular flexibility index (Phi) is 2.81. The smallest absolute Gasteiger partial charge is 0.138 e. The first kappa shape index (κ1) is 11.6. The lowest BCUT2D eigenvalue weighted by Gasteiger charge is -2.14. The van der Waals surface area contributed by atoms with Crippen LogP contribution in [-0.2, 0) is 4.74 Å². The highest BCUT2D eigenvalue weighted by Gasteiger charge is 2.34. The van der Waals surface area contributed by atoms with Gasteiger partial charge in [-0.25, -0.2) is 4.98 Å². The summed E-state index contributed by atoms with van der Waals surface area (Å²) in [4.78, 5) is 4.38. The van der Waals surface area contributed by atoms with E-state index in [0.29, 0.717) is 6.42 Å². The second-order valence-corrected chi connectivity index (χ2v) is 4.71. The van der Waals surface area contributed by atoms with E-state index in [1.165, 1.54) is 0 Å². The van der Waals surface area contributed by atoms with Crippen LogP contribution >= 0.6 is 0 Å². The zero-order chi connectivity index (χ0) is 12.7. The monoisotopic (exact) mass is 248 g/mol. The van der Waals surface area contributed by atoms with Crippen molar-refractivity contribution in [1.29, 1.82) is 0 Å². The van der Waals surface area contributed by atoms with Gasteiger partial charge in [0.1, 0.15) is 12.3 Å². The number of aliphatic hydroxyl groups excluding tert-OH is 2. The molecule has 0 spiro atoms. The molecule has 0 saturated carbocycles. The Labute approximate surface area is 105 Å². The number of imidazole rings is 1. The van der Waals surface area contributed by atoms with Crippen LogP contribution < -0.4 is 0 Å². The van der Waals surface area contributed by atoms with Gasteiger partial charge in [0, 0.05) is 6.42 Å². The van der Waals surface area contributed by atoms with Gasteiger partial charge in [0.2, 0.25) is 0 Å². The molecule has 1 fully saturated rings. The molecule has 0 bridgehead atoms. The standard InChI is InChI=1S/C13H16N2O3/c1-8-3-2-4-9-13(8)14-7-15(9)12-5-10(17)11(6-16)18-12/h2-4,7,10-12,16-17H,5-6H2,1H3/t10?,11-,12-/m1/s1. The third kappa shape index (κ3) is 1.71. The van der Waals surface area contributed by atoms with Crippen LogP contribution in [0.3, 0.4) is 0 Å². The van der Waals surface area contributed by atoms with Crippen LogP contribution in [0, 0.1) is 6.92 Å². The topological polar surface area (TPSA) is 67.5 Å². The average Bonchev–Trinajstić information content (AvgIpc) is 2.93. The molecule has 2 N–H and O–H groups in total. The van der Waals surface area contributed by atoms with Gasteiger partial charge in [-0.3, -0.25) is 0 Å². The van der Waals surface area contributed by atoms with E-state index in [2.05, 4.69) is 4.98 Å². The minimum atomic E-state index is -0.623. The third-order valence-electron chi connectivity index (χ3n) is 3.50. The van der Waals surface area contributed by atoms with E-state index in [9.17, 15) is 5.11 Å². The molecule has 1 aliphatic rings. The van der Waals surface area contributed by atoms with Gasteiger partial charge >= 0.3 is 0 Å². The van der Waals surface area contributed by atoms with Crippen molar-refractivity contribution < 1.29 is 14.9 Å². The van der Waals surface area contributed by atoms with Crippen LogP contribution in [0.1, 0.15) is 18.2 Å². The van der Waals surface area contributed by atoms with Gasteiger partial charge in [0.05, 0.1) is 30.1 Å². The van der Waals surface area contributed by atoms with Crippen molar-refractivity contribution in [2.45, 2.75) is 31.8 Å². The van der Waals surface area contributed by atoms with E-state index >= 15 is 0 Å². The number of fused-ring (bicyclic) bond motifs is 1. The molecule has 1 aromatic carbocycles. The molecule has 2 heterocycles. The fourth-order valence-electron chi connectivity index (χ4n) is 2.48. The lowest BCUT2D eigenvalue weighted by molar-refractivity contribution is -0.0430. The second-order valence-electron chi connectivity index (χ2n) is 4.71. The molecule has 1 saturated heterocycles. The quantitative estimate of drug-likeness (QED) is 0.831. The number of ether oxygens (including phenoxy) is 1. The Balaban J connectivity index is 1.99. The van der Waals surface area contributed by atoms with E-state index < -0.39 is 12.2 Å². The molecule has 0 aliphatic carbocycles. The lowest BCUT2D eigenvalue weighted by atomic mass is 10.2. The number of aliphatic hydroxyl groups is 2. The van der Waals surface area contributed by atoms with Crippen LogP contribution in [-0.4, -0.2) is 38.6 Å². The number of aromatic nitrogens is 2. The highest BCUT2D eigenvalue weighted by atomic mass is 16.5. The summed E-state index contributed by atoms with van der Waals surface area (Å²) in [5, 5.41) is 18.9. The average molecular weight is 248 g/mol. The molecule has 3 atom stereocenters. The predicted molar refractivity (Wildman–Crippen MR) is 66.1 cm³/mol. The van der Waals surface area contributed by atoms with E-state index in [4.69, 9.17) is 9.84 Å². The second kappa shape index (κ2) is 4.35. The van der Waals surface area contributed by atoms with Crippen molar-refractivity contribution in [3.8, 4) is 0 Å². The zero-order valence-corrected chi connectivity index (χ0v) is 10.2. The molecule has 5 nitrogen and oxygen atoms in total. The summed E-state index contributed by atoms with van der Waals surface area (Å²) in [6, 6.07) is 5.97. The summed E-state index contributed by atoms with van der Waals surface area (Å²) in [5.74, 6) is 0. The molecule has 3 rings (SSSR count). The Morgan fingerprint density at radius 1 is 1.50 bits per heavy atom. The predicted octanol–water partition coefficient (Wildman–Crippen LogP) is 0.985. The summed E-state index contributed by atoms with van der Waals surface area (Å²) in [6.07, 6.45) is 0.822. The van der Waals surface area contributed by atoms with Gasteiger partial charge < -0.3 is 19.5 Å². The van der Waals surface area contributed by atoms with Gasteiger partial charge in [0.15, 0.2) is 0 Å². The van der Waals surface area contributed by atoms with Crippen LogP contribution in [0.2, 0.25) is 0 Å². The van der Waals surface area contributed by atoms with E-state index in [1.807, 2.05) is 29.7 Å². The highest BCUT2D eigenvalue weighted by molar-refractivity contribution is 5.78. The fourth-order valence-corrected chi connectivity index (χ4v) is 2.48. The maximum atomic E-state index is 9.77. The SMILES string of the molecule is Cc1cccc2c1ncn2[C@H]1CC(O)[C@@H](CO)O1. The molecule has 1 unspecified atom stereocenters. The van der Waals surface area contributed by atoms with Gasteiger partial charge in [-0.2, -0.15) is 0 Å².